The lowest BCUT2D eigenvalue weighted by atomic mass is 10.00. The van der Waals surface area contributed by atoms with E-state index in [1.54, 1.807) is 11.0 Å². The maximum absolute atomic E-state index is 14.9. The second-order valence-corrected chi connectivity index (χ2v) is 9.77. The fourth-order valence-electron chi connectivity index (χ4n) is 4.72. The molecule has 14 heteroatoms. The number of likely N-dealkylation sites (N-methyl/N-ethyl adjacent to an activating group) is 1. The van der Waals surface area contributed by atoms with Crippen LogP contribution in [0, 0.1) is 5.92 Å². The van der Waals surface area contributed by atoms with Gasteiger partial charge in [0.25, 0.3) is 0 Å². The highest BCUT2D eigenvalue weighted by molar-refractivity contribution is 5.88. The number of rotatable bonds is 8. The fraction of sp³-hybridized carbons (Fsp3) is 0.600. The van der Waals surface area contributed by atoms with Gasteiger partial charge in [0.15, 0.2) is 5.82 Å². The molecule has 212 valence electrons. The summed E-state index contributed by atoms with van der Waals surface area (Å²) in [6.45, 7) is 5.11. The molecule has 2 aromatic heterocycles. The van der Waals surface area contributed by atoms with Gasteiger partial charge in [0, 0.05) is 38.8 Å². The van der Waals surface area contributed by atoms with Crippen LogP contribution in [0.3, 0.4) is 0 Å². The van der Waals surface area contributed by atoms with E-state index in [1.165, 1.54) is 30.5 Å². The summed E-state index contributed by atoms with van der Waals surface area (Å²) in [5.74, 6) is 1.49. The van der Waals surface area contributed by atoms with Crippen molar-refractivity contribution in [3.63, 3.8) is 0 Å². The summed E-state index contributed by atoms with van der Waals surface area (Å²) in [6, 6.07) is 0.287. The third kappa shape index (κ3) is 7.85. The first kappa shape index (κ1) is 28.2. The van der Waals surface area contributed by atoms with E-state index in [4.69, 9.17) is 9.47 Å². The summed E-state index contributed by atoms with van der Waals surface area (Å²) in [5.41, 5.74) is 0. The Hall–Kier alpha value is -3.81. The van der Waals surface area contributed by atoms with Crippen LogP contribution >= 0.6 is 0 Å². The van der Waals surface area contributed by atoms with Gasteiger partial charge < -0.3 is 24.2 Å². The number of alkyl halides is 1. The van der Waals surface area contributed by atoms with Gasteiger partial charge in [0.1, 0.15) is 12.0 Å². The summed E-state index contributed by atoms with van der Waals surface area (Å²) in [7, 11) is 3.59. The Labute approximate surface area is 227 Å². The van der Waals surface area contributed by atoms with Crippen molar-refractivity contribution in [3.8, 4) is 5.88 Å². The molecule has 0 aromatic carbocycles. The van der Waals surface area contributed by atoms with Crippen LogP contribution in [0.5, 0.6) is 5.88 Å². The number of anilines is 3. The lowest BCUT2D eigenvalue weighted by Crippen LogP contribution is -2.55. The average molecular weight is 546 g/mol. The molecule has 2 fully saturated rings. The zero-order chi connectivity index (χ0) is 27.8. The second-order valence-electron chi connectivity index (χ2n) is 9.77. The molecule has 2 aliphatic heterocycles. The molecule has 3 atom stereocenters. The molecule has 13 nitrogen and oxygen atoms in total. The van der Waals surface area contributed by atoms with Crippen LogP contribution in [0.2, 0.25) is 0 Å². The van der Waals surface area contributed by atoms with Crippen molar-refractivity contribution >= 4 is 29.7 Å². The molecule has 0 spiro atoms. The highest BCUT2D eigenvalue weighted by Gasteiger charge is 2.35. The minimum absolute atomic E-state index is 0.170. The number of carbonyl (C=O) groups excluding carboxylic acids is 2. The largest absolute Gasteiger partial charge is 0.477 e. The number of ether oxygens (including phenoxy) is 2. The molecular weight excluding hydrogens is 509 g/mol. The molecule has 39 heavy (non-hydrogen) atoms. The molecule has 2 saturated heterocycles. The van der Waals surface area contributed by atoms with Crippen LogP contribution in [-0.4, -0.2) is 108 Å². The number of halogens is 1. The Morgan fingerprint density at radius 2 is 1.97 bits per heavy atom. The maximum atomic E-state index is 14.9. The number of nitrogens with zero attached hydrogens (tertiary/aromatic N) is 7. The van der Waals surface area contributed by atoms with Crippen LogP contribution in [0.1, 0.15) is 26.2 Å². The zero-order valence-electron chi connectivity index (χ0n) is 22.5. The van der Waals surface area contributed by atoms with Gasteiger partial charge in [-0.25, -0.2) is 28.9 Å². The fourth-order valence-corrected chi connectivity index (χ4v) is 4.72. The van der Waals surface area contributed by atoms with Gasteiger partial charge in [-0.1, -0.05) is 0 Å². The van der Waals surface area contributed by atoms with Crippen molar-refractivity contribution in [3.05, 3.63) is 24.7 Å². The van der Waals surface area contributed by atoms with Crippen molar-refractivity contribution in [2.24, 2.45) is 5.92 Å². The Bertz CT molecular complexity index is 1110. The molecule has 0 radical (unpaired) electrons. The number of likely N-dealkylation sites (tertiary alicyclic amines) is 1. The third-order valence-corrected chi connectivity index (χ3v) is 6.80. The summed E-state index contributed by atoms with van der Waals surface area (Å²) < 4.78 is 25.6. The second kappa shape index (κ2) is 13.3. The van der Waals surface area contributed by atoms with Crippen LogP contribution < -0.4 is 20.3 Å². The average Bonchev–Trinajstić information content (AvgIpc) is 2.93. The molecule has 3 amide bonds. The predicted molar refractivity (Wildman–Crippen MR) is 143 cm³/mol. The van der Waals surface area contributed by atoms with E-state index in [2.05, 4.69) is 42.5 Å². The number of aromatic nitrogens is 4. The normalized spacial score (nSPS) is 21.6. The maximum Gasteiger partial charge on any atom is 0.412 e. The topological polar surface area (TPSA) is 138 Å². The van der Waals surface area contributed by atoms with Crippen LogP contribution in [0.25, 0.3) is 0 Å². The Morgan fingerprint density at radius 1 is 1.13 bits per heavy atom. The Kier molecular flexibility index (Phi) is 9.63. The number of nitrogens with one attached hydrogen (secondary N) is 2. The van der Waals surface area contributed by atoms with Crippen molar-refractivity contribution in [2.45, 2.75) is 38.4 Å². The first-order chi connectivity index (χ1) is 18.8. The number of carbonyl (C=O) groups is 2. The number of hydrogen-bond acceptors (Lipinski definition) is 10. The van der Waals surface area contributed by atoms with E-state index < -0.39 is 24.3 Å². The standard InChI is InChI=1S/C25H36FN9O4/c1-4-38-22-13-28-21(12-29-22)31-24(36)34(3)19-15-35(11-8-18(19)26)23-27-9-7-20(30-23)32-25(37)39-16-17-6-5-10-33(2)14-17/h7,9,12-13,17-19H,4-6,8,10-11,14-16H2,1-3H3,(H,28,31,36)(H,27,30,32,37)/t17-,18-,19+/m1/s1. The highest BCUT2D eigenvalue weighted by atomic mass is 19.1. The molecule has 2 aliphatic rings. The monoisotopic (exact) mass is 545 g/mol. The quantitative estimate of drug-likeness (QED) is 0.509. The van der Waals surface area contributed by atoms with E-state index in [0.717, 1.165) is 25.9 Å². The number of hydrogen-bond donors (Lipinski definition) is 2. The molecule has 0 unspecified atom stereocenters. The highest BCUT2D eigenvalue weighted by Crippen LogP contribution is 2.23. The minimum Gasteiger partial charge on any atom is -0.477 e. The molecule has 4 rings (SSSR count). The van der Waals surface area contributed by atoms with Gasteiger partial charge >= 0.3 is 12.1 Å². The van der Waals surface area contributed by atoms with Crippen LogP contribution in [0.4, 0.5) is 31.6 Å². The lowest BCUT2D eigenvalue weighted by Gasteiger charge is -2.39. The van der Waals surface area contributed by atoms with E-state index in [-0.39, 0.29) is 24.6 Å². The number of amides is 3. The molecule has 0 saturated carbocycles. The van der Waals surface area contributed by atoms with Crippen molar-refractivity contribution < 1.29 is 23.5 Å². The smallest absolute Gasteiger partial charge is 0.412 e. The molecule has 2 aromatic rings. The summed E-state index contributed by atoms with van der Waals surface area (Å²) in [4.78, 5) is 47.4. The summed E-state index contributed by atoms with van der Waals surface area (Å²) >= 11 is 0. The molecule has 4 heterocycles. The third-order valence-electron chi connectivity index (χ3n) is 6.80. The van der Waals surface area contributed by atoms with E-state index in [0.29, 0.717) is 37.5 Å². The first-order valence-electron chi connectivity index (χ1n) is 13.2. The minimum atomic E-state index is -1.24. The predicted octanol–water partition coefficient (Wildman–Crippen LogP) is 2.64. The van der Waals surface area contributed by atoms with Gasteiger partial charge in [0.2, 0.25) is 11.8 Å². The van der Waals surface area contributed by atoms with Crippen LogP contribution in [-0.2, 0) is 4.74 Å². The SMILES string of the molecule is CCOc1cnc(NC(=O)N(C)[C@H]2CN(c3nccc(NC(=O)OC[C@@H]4CCCN(C)C4)n3)CC[C@H]2F)cn1. The van der Waals surface area contributed by atoms with E-state index >= 15 is 0 Å². The van der Waals surface area contributed by atoms with Gasteiger partial charge in [0.05, 0.1) is 31.6 Å². The molecular formula is C25H36FN9O4. The van der Waals surface area contributed by atoms with E-state index in [9.17, 15) is 14.0 Å². The zero-order valence-corrected chi connectivity index (χ0v) is 22.5. The lowest BCUT2D eigenvalue weighted by molar-refractivity contribution is 0.107. The summed E-state index contributed by atoms with van der Waals surface area (Å²) in [6.07, 6.45) is 4.78. The van der Waals surface area contributed by atoms with Crippen molar-refractivity contribution in [1.29, 1.82) is 0 Å². The van der Waals surface area contributed by atoms with Crippen molar-refractivity contribution in [2.75, 3.05) is 69.0 Å². The summed E-state index contributed by atoms with van der Waals surface area (Å²) in [5, 5.41) is 5.28. The molecule has 0 bridgehead atoms. The van der Waals surface area contributed by atoms with Gasteiger partial charge in [-0.15, -0.1) is 0 Å². The Morgan fingerprint density at radius 3 is 2.72 bits per heavy atom. The van der Waals surface area contributed by atoms with Gasteiger partial charge in [-0.05, 0) is 45.8 Å². The van der Waals surface area contributed by atoms with Crippen molar-refractivity contribution in [1.82, 2.24) is 29.7 Å². The molecule has 0 aliphatic carbocycles. The van der Waals surface area contributed by atoms with Gasteiger partial charge in [-0.3, -0.25) is 10.6 Å². The van der Waals surface area contributed by atoms with Gasteiger partial charge in [-0.2, -0.15) is 4.98 Å². The Balaban J connectivity index is 1.32. The van der Waals surface area contributed by atoms with E-state index in [1.807, 2.05) is 6.92 Å². The van der Waals surface area contributed by atoms with Crippen LogP contribution in [0.15, 0.2) is 24.7 Å². The first-order valence-corrected chi connectivity index (χ1v) is 13.2. The molecule has 2 N–H and O–H groups in total. The number of urea groups is 1. The number of piperidine rings is 2.